The van der Waals surface area contributed by atoms with Crippen molar-refractivity contribution in [1.82, 2.24) is 15.1 Å². The Balaban J connectivity index is 1.54. The third-order valence-electron chi connectivity index (χ3n) is 4.34. The van der Waals surface area contributed by atoms with Gasteiger partial charge in [0.05, 0.1) is 16.6 Å². The summed E-state index contributed by atoms with van der Waals surface area (Å²) in [6.07, 6.45) is 4.22. The number of aromatic nitrogens is 2. The van der Waals surface area contributed by atoms with Gasteiger partial charge in [0.25, 0.3) is 0 Å². The first-order valence-electron chi connectivity index (χ1n) is 8.14. The second kappa shape index (κ2) is 7.57. The van der Waals surface area contributed by atoms with E-state index in [2.05, 4.69) is 15.7 Å². The lowest BCUT2D eigenvalue weighted by atomic mass is 9.86. The minimum absolute atomic E-state index is 0.0127. The van der Waals surface area contributed by atoms with Crippen LogP contribution >= 0.6 is 11.6 Å². The zero-order chi connectivity index (χ0) is 17.8. The molecule has 3 N–H and O–H groups in total. The van der Waals surface area contributed by atoms with Crippen molar-refractivity contribution < 1.29 is 14.7 Å². The molecule has 3 rings (SSSR count). The van der Waals surface area contributed by atoms with Gasteiger partial charge in [-0.25, -0.2) is 9.48 Å². The number of carboxylic acid groups (broad SMARTS) is 1. The van der Waals surface area contributed by atoms with Crippen LogP contribution < -0.4 is 10.6 Å². The quantitative estimate of drug-likeness (QED) is 0.777. The van der Waals surface area contributed by atoms with E-state index in [0.717, 1.165) is 5.69 Å². The second-order valence-corrected chi connectivity index (χ2v) is 6.49. The Morgan fingerprint density at radius 1 is 1.16 bits per heavy atom. The summed E-state index contributed by atoms with van der Waals surface area (Å²) in [6.45, 7) is 0. The van der Waals surface area contributed by atoms with Gasteiger partial charge in [-0.15, -0.1) is 5.10 Å². The second-order valence-electron chi connectivity index (χ2n) is 6.08. The van der Waals surface area contributed by atoms with E-state index in [0.29, 0.717) is 36.5 Å². The molecule has 1 saturated carbocycles. The van der Waals surface area contributed by atoms with E-state index >= 15 is 0 Å². The van der Waals surface area contributed by atoms with E-state index < -0.39 is 5.97 Å². The highest BCUT2D eigenvalue weighted by Gasteiger charge is 2.26. The van der Waals surface area contributed by atoms with Crippen molar-refractivity contribution in [2.24, 2.45) is 5.92 Å². The normalized spacial score (nSPS) is 20.0. The maximum absolute atomic E-state index is 12.1. The Kier molecular flexibility index (Phi) is 5.23. The number of amides is 2. The van der Waals surface area contributed by atoms with Crippen LogP contribution in [0.1, 0.15) is 25.7 Å². The van der Waals surface area contributed by atoms with Crippen LogP contribution in [0.2, 0.25) is 5.02 Å². The highest BCUT2D eigenvalue weighted by molar-refractivity contribution is 6.32. The van der Waals surface area contributed by atoms with Crippen molar-refractivity contribution >= 4 is 29.4 Å². The molecule has 132 valence electrons. The Labute approximate surface area is 150 Å². The summed E-state index contributed by atoms with van der Waals surface area (Å²) in [5.41, 5.74) is 0.726. The highest BCUT2D eigenvalue weighted by Crippen LogP contribution is 2.24. The summed E-state index contributed by atoms with van der Waals surface area (Å²) in [4.78, 5) is 23.0. The molecular formula is C17H19ClN4O3. The smallest absolute Gasteiger partial charge is 0.320 e. The standard InChI is InChI=1S/C17H19ClN4O3/c18-13-3-1-2-4-14(13)22-10-9-15(21-22)20-17(25)19-12-7-5-11(6-8-12)16(23)24/h1-4,9-12H,5-8H2,(H,23,24)(H2,19,20,21,25). The van der Waals surface area contributed by atoms with Crippen molar-refractivity contribution in [3.63, 3.8) is 0 Å². The summed E-state index contributed by atoms with van der Waals surface area (Å²) >= 11 is 6.13. The van der Waals surface area contributed by atoms with Crippen LogP contribution in [0.25, 0.3) is 5.69 Å². The maximum Gasteiger partial charge on any atom is 0.320 e. The molecule has 25 heavy (non-hydrogen) atoms. The molecule has 2 aromatic rings. The summed E-state index contributed by atoms with van der Waals surface area (Å²) in [5, 5.41) is 19.4. The monoisotopic (exact) mass is 362 g/mol. The Morgan fingerprint density at radius 2 is 1.88 bits per heavy atom. The molecule has 1 aromatic carbocycles. The lowest BCUT2D eigenvalue weighted by Crippen LogP contribution is -2.41. The van der Waals surface area contributed by atoms with Crippen molar-refractivity contribution in [3.8, 4) is 5.69 Å². The van der Waals surface area contributed by atoms with E-state index in [1.165, 1.54) is 0 Å². The Hall–Kier alpha value is -2.54. The third-order valence-corrected chi connectivity index (χ3v) is 4.66. The molecule has 1 aromatic heterocycles. The average molecular weight is 363 g/mol. The van der Waals surface area contributed by atoms with Crippen LogP contribution in [-0.2, 0) is 4.79 Å². The number of carbonyl (C=O) groups is 2. The van der Waals surface area contributed by atoms with Gasteiger partial charge in [-0.05, 0) is 37.8 Å². The molecule has 1 aliphatic rings. The van der Waals surface area contributed by atoms with Crippen molar-refractivity contribution in [2.75, 3.05) is 5.32 Å². The van der Waals surface area contributed by atoms with Crippen molar-refractivity contribution in [2.45, 2.75) is 31.7 Å². The number of para-hydroxylation sites is 1. The predicted molar refractivity (Wildman–Crippen MR) is 94.1 cm³/mol. The number of hydrogen-bond donors (Lipinski definition) is 3. The van der Waals surface area contributed by atoms with E-state index in [9.17, 15) is 9.59 Å². The van der Waals surface area contributed by atoms with Crippen LogP contribution in [0.4, 0.5) is 10.6 Å². The van der Waals surface area contributed by atoms with Gasteiger partial charge in [-0.2, -0.15) is 0 Å². The van der Waals surface area contributed by atoms with Crippen LogP contribution in [0.5, 0.6) is 0 Å². The molecule has 8 heteroatoms. The first-order valence-corrected chi connectivity index (χ1v) is 8.51. The SMILES string of the molecule is O=C(Nc1ccn(-c2ccccc2Cl)n1)NC1CCC(C(=O)O)CC1. The molecule has 0 aliphatic heterocycles. The minimum Gasteiger partial charge on any atom is -0.481 e. The Morgan fingerprint density at radius 3 is 2.56 bits per heavy atom. The summed E-state index contributed by atoms with van der Waals surface area (Å²) < 4.78 is 1.59. The van der Waals surface area contributed by atoms with Crippen LogP contribution in [0.3, 0.4) is 0 Å². The van der Waals surface area contributed by atoms with Crippen LogP contribution in [-0.4, -0.2) is 32.9 Å². The van der Waals surface area contributed by atoms with E-state index in [-0.39, 0.29) is 18.0 Å². The molecule has 0 spiro atoms. The van der Waals surface area contributed by atoms with Crippen LogP contribution in [0, 0.1) is 5.92 Å². The largest absolute Gasteiger partial charge is 0.481 e. The number of benzene rings is 1. The summed E-state index contributed by atoms with van der Waals surface area (Å²) in [5.74, 6) is -0.642. The number of aliphatic carboxylic acids is 1. The molecule has 1 fully saturated rings. The summed E-state index contributed by atoms with van der Waals surface area (Å²) in [6, 6.07) is 8.62. The van der Waals surface area contributed by atoms with Crippen molar-refractivity contribution in [1.29, 1.82) is 0 Å². The third kappa shape index (κ3) is 4.30. The Bertz CT molecular complexity index is 769. The lowest BCUT2D eigenvalue weighted by Gasteiger charge is -2.26. The van der Waals surface area contributed by atoms with E-state index in [4.69, 9.17) is 16.7 Å². The number of hydrogen-bond acceptors (Lipinski definition) is 3. The van der Waals surface area contributed by atoms with Gasteiger partial charge >= 0.3 is 12.0 Å². The number of nitrogens with one attached hydrogen (secondary N) is 2. The van der Waals surface area contributed by atoms with Gasteiger partial charge in [-0.3, -0.25) is 10.1 Å². The van der Waals surface area contributed by atoms with Crippen LogP contribution in [0.15, 0.2) is 36.5 Å². The molecule has 2 amide bonds. The zero-order valence-corrected chi connectivity index (χ0v) is 14.2. The van der Waals surface area contributed by atoms with Gasteiger partial charge in [0.15, 0.2) is 5.82 Å². The molecule has 0 unspecified atom stereocenters. The number of halogens is 1. The lowest BCUT2D eigenvalue weighted by molar-refractivity contribution is -0.142. The summed E-state index contributed by atoms with van der Waals surface area (Å²) in [7, 11) is 0. The maximum atomic E-state index is 12.1. The van der Waals surface area contributed by atoms with Crippen molar-refractivity contribution in [3.05, 3.63) is 41.6 Å². The number of carbonyl (C=O) groups excluding carboxylic acids is 1. The van der Waals surface area contributed by atoms with Gasteiger partial charge < -0.3 is 10.4 Å². The molecule has 0 saturated heterocycles. The number of urea groups is 1. The average Bonchev–Trinajstić information content (AvgIpc) is 3.03. The fourth-order valence-electron chi connectivity index (χ4n) is 2.98. The van der Waals surface area contributed by atoms with Gasteiger partial charge in [0, 0.05) is 18.3 Å². The molecule has 1 aliphatic carbocycles. The first-order chi connectivity index (χ1) is 12.0. The molecule has 1 heterocycles. The van der Waals surface area contributed by atoms with Gasteiger partial charge in [-0.1, -0.05) is 23.7 Å². The predicted octanol–water partition coefficient (Wildman–Crippen LogP) is 3.29. The highest BCUT2D eigenvalue weighted by atomic mass is 35.5. The van der Waals surface area contributed by atoms with Gasteiger partial charge in [0.2, 0.25) is 0 Å². The topological polar surface area (TPSA) is 96.3 Å². The fraction of sp³-hybridized carbons (Fsp3) is 0.353. The zero-order valence-electron chi connectivity index (χ0n) is 13.5. The van der Waals surface area contributed by atoms with Gasteiger partial charge in [0.1, 0.15) is 0 Å². The number of rotatable bonds is 4. The molecule has 0 atom stereocenters. The number of carboxylic acids is 1. The molecule has 0 radical (unpaired) electrons. The number of anilines is 1. The first kappa shape index (κ1) is 17.3. The molecular weight excluding hydrogens is 344 g/mol. The number of nitrogens with zero attached hydrogens (tertiary/aromatic N) is 2. The minimum atomic E-state index is -0.756. The fourth-order valence-corrected chi connectivity index (χ4v) is 3.21. The molecule has 7 nitrogen and oxygen atoms in total. The molecule has 0 bridgehead atoms. The van der Waals surface area contributed by atoms with E-state index in [1.54, 1.807) is 23.0 Å². The van der Waals surface area contributed by atoms with E-state index in [1.807, 2.05) is 18.2 Å².